The molecular weight excluding hydrogens is 226 g/mol. The molecule has 0 spiro atoms. The van der Waals surface area contributed by atoms with E-state index in [2.05, 4.69) is 18.3 Å². The topological polar surface area (TPSA) is 41.5 Å². The number of nitrogens with one attached hydrogen (secondary N) is 1. The molecule has 1 rings (SSSR count). The molecule has 0 saturated carbocycles. The monoisotopic (exact) mass is 251 g/mol. The largest absolute Gasteiger partial charge is 0.491 e. The van der Waals surface area contributed by atoms with E-state index in [-0.39, 0.29) is 5.92 Å². The molecule has 3 nitrogen and oxygen atoms in total. The fourth-order valence-electron chi connectivity index (χ4n) is 1.41. The molecule has 0 aliphatic rings. The van der Waals surface area contributed by atoms with Crippen molar-refractivity contribution in [3.63, 3.8) is 0 Å². The van der Waals surface area contributed by atoms with Crippen molar-refractivity contribution in [1.29, 1.82) is 0 Å². The Morgan fingerprint density at radius 1 is 1.39 bits per heavy atom. The second-order valence-electron chi connectivity index (χ2n) is 5.23. The fourth-order valence-corrected chi connectivity index (χ4v) is 1.41. The molecule has 0 saturated heterocycles. The van der Waals surface area contributed by atoms with Gasteiger partial charge in [0.25, 0.3) is 0 Å². The van der Waals surface area contributed by atoms with Gasteiger partial charge in [-0.2, -0.15) is 0 Å². The molecule has 1 aromatic rings. The van der Waals surface area contributed by atoms with Crippen LogP contribution in [0.25, 0.3) is 0 Å². The summed E-state index contributed by atoms with van der Waals surface area (Å²) >= 11 is 0. The van der Waals surface area contributed by atoms with Crippen molar-refractivity contribution in [1.82, 2.24) is 5.32 Å². The van der Waals surface area contributed by atoms with Gasteiger partial charge in [0.2, 0.25) is 0 Å². The van der Waals surface area contributed by atoms with E-state index in [1.807, 2.05) is 32.0 Å². The van der Waals surface area contributed by atoms with Gasteiger partial charge in [-0.15, -0.1) is 0 Å². The predicted octanol–water partition coefficient (Wildman–Crippen LogP) is 2.58. The van der Waals surface area contributed by atoms with Gasteiger partial charge in [-0.05, 0) is 37.1 Å². The van der Waals surface area contributed by atoms with E-state index >= 15 is 0 Å². The Hall–Kier alpha value is -1.06. The third kappa shape index (κ3) is 4.67. The fraction of sp³-hybridized carbons (Fsp3) is 0.600. The molecule has 18 heavy (non-hydrogen) atoms. The molecule has 0 bridgehead atoms. The minimum absolute atomic E-state index is 0.169. The van der Waals surface area contributed by atoms with Gasteiger partial charge in [0.05, 0.1) is 5.60 Å². The molecule has 0 radical (unpaired) electrons. The molecule has 3 heteroatoms. The lowest BCUT2D eigenvalue weighted by molar-refractivity contribution is -0.0266. The number of benzene rings is 1. The van der Waals surface area contributed by atoms with Gasteiger partial charge in [-0.1, -0.05) is 32.9 Å². The molecule has 0 aromatic heterocycles. The first-order valence-electron chi connectivity index (χ1n) is 6.60. The summed E-state index contributed by atoms with van der Waals surface area (Å²) in [6.07, 6.45) is 0. The zero-order valence-electron chi connectivity index (χ0n) is 11.9. The van der Waals surface area contributed by atoms with E-state index in [0.717, 1.165) is 18.8 Å². The van der Waals surface area contributed by atoms with Gasteiger partial charge in [0.1, 0.15) is 12.4 Å². The first-order valence-corrected chi connectivity index (χ1v) is 6.60. The highest BCUT2D eigenvalue weighted by molar-refractivity contribution is 5.28. The van der Waals surface area contributed by atoms with Crippen LogP contribution in [0, 0.1) is 5.92 Å². The Labute approximate surface area is 110 Å². The summed E-state index contributed by atoms with van der Waals surface area (Å²) in [5.74, 6) is 0.980. The molecule has 0 aliphatic carbocycles. The molecule has 0 aliphatic heterocycles. The Morgan fingerprint density at radius 2 is 2.11 bits per heavy atom. The van der Waals surface area contributed by atoms with Crippen LogP contribution in [-0.4, -0.2) is 23.9 Å². The standard InChI is InChI=1S/C15H25NO2/c1-5-16-10-13-7-6-8-14(9-13)18-11-15(4,17)12(2)3/h6-9,12,16-17H,5,10-11H2,1-4H3. The second-order valence-corrected chi connectivity index (χ2v) is 5.23. The third-order valence-corrected chi connectivity index (χ3v) is 3.25. The highest BCUT2D eigenvalue weighted by Gasteiger charge is 2.25. The van der Waals surface area contributed by atoms with Gasteiger partial charge < -0.3 is 15.2 Å². The van der Waals surface area contributed by atoms with Crippen LogP contribution in [0.2, 0.25) is 0 Å². The summed E-state index contributed by atoms with van der Waals surface area (Å²) in [5, 5.41) is 13.4. The van der Waals surface area contributed by atoms with Crippen LogP contribution in [0.4, 0.5) is 0 Å². The van der Waals surface area contributed by atoms with Crippen LogP contribution in [0.5, 0.6) is 5.75 Å². The Kier molecular flexibility index (Phi) is 5.63. The lowest BCUT2D eigenvalue weighted by Gasteiger charge is -2.27. The number of ether oxygens (including phenoxy) is 1. The van der Waals surface area contributed by atoms with Crippen LogP contribution in [0.3, 0.4) is 0 Å². The van der Waals surface area contributed by atoms with E-state index in [1.165, 1.54) is 5.56 Å². The Balaban J connectivity index is 2.57. The lowest BCUT2D eigenvalue weighted by atomic mass is 9.94. The molecule has 102 valence electrons. The SMILES string of the molecule is CCNCc1cccc(OCC(C)(O)C(C)C)c1. The van der Waals surface area contributed by atoms with Crippen LogP contribution < -0.4 is 10.1 Å². The van der Waals surface area contributed by atoms with Gasteiger partial charge >= 0.3 is 0 Å². The van der Waals surface area contributed by atoms with E-state index in [4.69, 9.17) is 4.74 Å². The van der Waals surface area contributed by atoms with Crippen molar-refractivity contribution in [2.75, 3.05) is 13.2 Å². The summed E-state index contributed by atoms with van der Waals surface area (Å²) in [5.41, 5.74) is 0.399. The predicted molar refractivity (Wildman–Crippen MR) is 74.8 cm³/mol. The van der Waals surface area contributed by atoms with Crippen molar-refractivity contribution in [2.24, 2.45) is 5.92 Å². The minimum Gasteiger partial charge on any atom is -0.491 e. The average molecular weight is 251 g/mol. The van der Waals surface area contributed by atoms with E-state index in [0.29, 0.717) is 6.61 Å². The number of rotatable bonds is 7. The first kappa shape index (κ1) is 15.0. The summed E-state index contributed by atoms with van der Waals surface area (Å²) in [6, 6.07) is 7.98. The maximum atomic E-state index is 10.1. The van der Waals surface area contributed by atoms with Crippen LogP contribution in [-0.2, 0) is 6.54 Å². The van der Waals surface area contributed by atoms with E-state index in [9.17, 15) is 5.11 Å². The average Bonchev–Trinajstić information content (AvgIpc) is 2.34. The van der Waals surface area contributed by atoms with Crippen LogP contribution >= 0.6 is 0 Å². The zero-order valence-corrected chi connectivity index (χ0v) is 11.9. The lowest BCUT2D eigenvalue weighted by Crippen LogP contribution is -2.37. The van der Waals surface area contributed by atoms with Crippen molar-refractivity contribution < 1.29 is 9.84 Å². The van der Waals surface area contributed by atoms with Gasteiger partial charge in [-0.3, -0.25) is 0 Å². The quantitative estimate of drug-likeness (QED) is 0.782. The molecule has 1 unspecified atom stereocenters. The molecule has 2 N–H and O–H groups in total. The van der Waals surface area contributed by atoms with Crippen LogP contribution in [0.15, 0.2) is 24.3 Å². The highest BCUT2D eigenvalue weighted by atomic mass is 16.5. The normalized spacial score (nSPS) is 14.6. The van der Waals surface area contributed by atoms with E-state index < -0.39 is 5.60 Å². The maximum absolute atomic E-state index is 10.1. The van der Waals surface area contributed by atoms with E-state index in [1.54, 1.807) is 6.92 Å². The van der Waals surface area contributed by atoms with Crippen molar-refractivity contribution >= 4 is 0 Å². The highest BCUT2D eigenvalue weighted by Crippen LogP contribution is 2.19. The Morgan fingerprint density at radius 3 is 2.72 bits per heavy atom. The molecule has 0 amide bonds. The van der Waals surface area contributed by atoms with Gasteiger partial charge in [0.15, 0.2) is 0 Å². The first-order chi connectivity index (χ1) is 8.45. The van der Waals surface area contributed by atoms with Gasteiger partial charge in [0, 0.05) is 6.54 Å². The molecule has 1 aromatic carbocycles. The summed E-state index contributed by atoms with van der Waals surface area (Å²) in [7, 11) is 0. The summed E-state index contributed by atoms with van der Waals surface area (Å²) in [6.45, 7) is 9.98. The summed E-state index contributed by atoms with van der Waals surface area (Å²) < 4.78 is 5.67. The second kappa shape index (κ2) is 6.76. The van der Waals surface area contributed by atoms with Crippen LogP contribution in [0.1, 0.15) is 33.3 Å². The van der Waals surface area contributed by atoms with Crippen molar-refractivity contribution in [2.45, 2.75) is 39.8 Å². The number of aliphatic hydroxyl groups is 1. The Bertz CT molecular complexity index is 361. The number of hydrogen-bond acceptors (Lipinski definition) is 3. The minimum atomic E-state index is -0.794. The molecule has 0 heterocycles. The van der Waals surface area contributed by atoms with Crippen molar-refractivity contribution in [3.05, 3.63) is 29.8 Å². The third-order valence-electron chi connectivity index (χ3n) is 3.25. The molecule has 0 fully saturated rings. The number of hydrogen-bond donors (Lipinski definition) is 2. The van der Waals surface area contributed by atoms with Gasteiger partial charge in [-0.25, -0.2) is 0 Å². The zero-order chi connectivity index (χ0) is 13.6. The molecule has 1 atom stereocenters. The maximum Gasteiger partial charge on any atom is 0.119 e. The molecular formula is C15H25NO2. The van der Waals surface area contributed by atoms with Crippen molar-refractivity contribution in [3.8, 4) is 5.75 Å². The summed E-state index contributed by atoms with van der Waals surface area (Å²) in [4.78, 5) is 0. The smallest absolute Gasteiger partial charge is 0.119 e.